The summed E-state index contributed by atoms with van der Waals surface area (Å²) in [5, 5.41) is 16.9. The maximum atomic E-state index is 12.6. The van der Waals surface area contributed by atoms with Crippen molar-refractivity contribution < 1.29 is 22.7 Å². The van der Waals surface area contributed by atoms with Crippen molar-refractivity contribution in [3.05, 3.63) is 70.0 Å². The second kappa shape index (κ2) is 9.32. The molecule has 166 valence electrons. The quantitative estimate of drug-likeness (QED) is 0.550. The monoisotopic (exact) mass is 462 g/mol. The molecule has 0 saturated carbocycles. The lowest BCUT2D eigenvalue weighted by Gasteiger charge is -2.12. The van der Waals surface area contributed by atoms with Crippen LogP contribution in [0.3, 0.4) is 0 Å². The maximum Gasteiger partial charge on any atom is 0.422 e. The molecule has 0 unspecified atom stereocenters. The van der Waals surface area contributed by atoms with Gasteiger partial charge in [0.2, 0.25) is 5.91 Å². The number of hydrogen-bond donors (Lipinski definition) is 1. The Labute approximate surface area is 187 Å². The van der Waals surface area contributed by atoms with Crippen molar-refractivity contribution in [2.24, 2.45) is 0 Å². The van der Waals surface area contributed by atoms with Gasteiger partial charge in [0, 0.05) is 22.0 Å². The van der Waals surface area contributed by atoms with Crippen molar-refractivity contribution >= 4 is 23.2 Å². The Kier molecular flexibility index (Phi) is 6.75. The van der Waals surface area contributed by atoms with E-state index in [0.29, 0.717) is 10.7 Å². The third-order valence-corrected chi connectivity index (χ3v) is 4.88. The molecule has 0 bridgehead atoms. The second-order valence-corrected chi connectivity index (χ2v) is 7.43. The minimum absolute atomic E-state index is 0.0273. The number of alkyl halides is 3. The minimum Gasteiger partial charge on any atom is -0.483 e. The molecule has 0 saturated heterocycles. The Balaban J connectivity index is 1.73. The van der Waals surface area contributed by atoms with E-state index in [1.54, 1.807) is 29.8 Å². The number of ether oxygens (including phenoxy) is 1. The predicted octanol–water partition coefficient (Wildman–Crippen LogP) is 5.14. The molecule has 0 aliphatic rings. The number of carbonyl (C=O) groups excluding carboxylic acids is 1. The molecule has 2 aromatic carbocycles. The van der Waals surface area contributed by atoms with Gasteiger partial charge in [-0.25, -0.2) is 4.68 Å². The van der Waals surface area contributed by atoms with Crippen molar-refractivity contribution in [1.82, 2.24) is 9.78 Å². The number of nitriles is 1. The molecule has 0 aliphatic heterocycles. The molecule has 32 heavy (non-hydrogen) atoms. The SMILES string of the molecule is Cc1nn(-c2ccc(Cl)cc2)c(C)c1CC(=O)Nc1ccc(OCC(F)(F)F)c(C#N)c1. The first kappa shape index (κ1) is 23.2. The number of benzene rings is 2. The first-order valence-corrected chi connectivity index (χ1v) is 9.80. The summed E-state index contributed by atoms with van der Waals surface area (Å²) in [4.78, 5) is 12.6. The summed E-state index contributed by atoms with van der Waals surface area (Å²) in [6.45, 7) is 2.13. The molecule has 0 spiro atoms. The number of nitrogens with one attached hydrogen (secondary N) is 1. The molecular formula is C22H18ClF3N4O2. The summed E-state index contributed by atoms with van der Waals surface area (Å²) in [5.74, 6) is -0.571. The number of anilines is 1. The molecule has 1 N–H and O–H groups in total. The third kappa shape index (κ3) is 5.59. The average Bonchev–Trinajstić information content (AvgIpc) is 3.00. The fourth-order valence-electron chi connectivity index (χ4n) is 3.11. The van der Waals surface area contributed by atoms with E-state index >= 15 is 0 Å². The van der Waals surface area contributed by atoms with Crippen LogP contribution in [0.5, 0.6) is 5.75 Å². The van der Waals surface area contributed by atoms with Gasteiger partial charge in [0.1, 0.15) is 11.8 Å². The van der Waals surface area contributed by atoms with Crippen LogP contribution in [0.4, 0.5) is 18.9 Å². The Hall–Kier alpha value is -3.51. The molecule has 0 fully saturated rings. The summed E-state index contributed by atoms with van der Waals surface area (Å²) in [6, 6.07) is 12.8. The number of nitrogens with zero attached hydrogens (tertiary/aromatic N) is 3. The van der Waals surface area contributed by atoms with Gasteiger partial charge >= 0.3 is 6.18 Å². The fourth-order valence-corrected chi connectivity index (χ4v) is 3.24. The van der Waals surface area contributed by atoms with Gasteiger partial charge in [-0.05, 0) is 56.3 Å². The van der Waals surface area contributed by atoms with Crippen molar-refractivity contribution in [2.45, 2.75) is 26.4 Å². The highest BCUT2D eigenvalue weighted by molar-refractivity contribution is 6.30. The number of carbonyl (C=O) groups is 1. The Morgan fingerprint density at radius 3 is 2.53 bits per heavy atom. The van der Waals surface area contributed by atoms with Gasteiger partial charge in [-0.3, -0.25) is 4.79 Å². The number of hydrogen-bond acceptors (Lipinski definition) is 4. The van der Waals surface area contributed by atoms with Crippen LogP contribution in [-0.2, 0) is 11.2 Å². The fraction of sp³-hybridized carbons (Fsp3) is 0.227. The first-order chi connectivity index (χ1) is 15.1. The number of rotatable bonds is 6. The molecule has 0 radical (unpaired) electrons. The van der Waals surface area contributed by atoms with Gasteiger partial charge in [0.25, 0.3) is 0 Å². The lowest BCUT2D eigenvalue weighted by molar-refractivity contribution is -0.153. The van der Waals surface area contributed by atoms with Crippen molar-refractivity contribution in [3.63, 3.8) is 0 Å². The normalized spacial score (nSPS) is 11.2. The van der Waals surface area contributed by atoms with Crippen LogP contribution in [-0.4, -0.2) is 28.5 Å². The Bertz CT molecular complexity index is 1180. The first-order valence-electron chi connectivity index (χ1n) is 9.42. The molecule has 3 rings (SSSR count). The number of aromatic nitrogens is 2. The van der Waals surface area contributed by atoms with Gasteiger partial charge in [-0.1, -0.05) is 11.6 Å². The zero-order valence-electron chi connectivity index (χ0n) is 17.1. The molecule has 1 aromatic heterocycles. The van der Waals surface area contributed by atoms with E-state index in [9.17, 15) is 23.2 Å². The summed E-state index contributed by atoms with van der Waals surface area (Å²) in [5.41, 5.74) is 3.16. The number of aryl methyl sites for hydroxylation is 1. The second-order valence-electron chi connectivity index (χ2n) is 6.99. The van der Waals surface area contributed by atoms with Crippen molar-refractivity contribution in [1.29, 1.82) is 5.26 Å². The highest BCUT2D eigenvalue weighted by Gasteiger charge is 2.29. The van der Waals surface area contributed by atoms with E-state index in [4.69, 9.17) is 11.6 Å². The van der Waals surface area contributed by atoms with Crippen LogP contribution >= 0.6 is 11.6 Å². The van der Waals surface area contributed by atoms with Gasteiger partial charge in [0.05, 0.1) is 23.4 Å². The molecule has 6 nitrogen and oxygen atoms in total. The zero-order chi connectivity index (χ0) is 23.5. The summed E-state index contributed by atoms with van der Waals surface area (Å²) in [7, 11) is 0. The van der Waals surface area contributed by atoms with Crippen LogP contribution in [0.25, 0.3) is 5.69 Å². The van der Waals surface area contributed by atoms with E-state index < -0.39 is 12.8 Å². The van der Waals surface area contributed by atoms with Crippen LogP contribution < -0.4 is 10.1 Å². The van der Waals surface area contributed by atoms with Gasteiger partial charge < -0.3 is 10.1 Å². The number of amides is 1. The highest BCUT2D eigenvalue weighted by Crippen LogP contribution is 2.25. The molecular weight excluding hydrogens is 445 g/mol. The van der Waals surface area contributed by atoms with Crippen molar-refractivity contribution in [2.75, 3.05) is 11.9 Å². The van der Waals surface area contributed by atoms with E-state index in [-0.39, 0.29) is 29.3 Å². The van der Waals surface area contributed by atoms with E-state index in [1.807, 2.05) is 19.1 Å². The highest BCUT2D eigenvalue weighted by atomic mass is 35.5. The largest absolute Gasteiger partial charge is 0.483 e. The van der Waals surface area contributed by atoms with Gasteiger partial charge in [0.15, 0.2) is 6.61 Å². The third-order valence-electron chi connectivity index (χ3n) is 4.62. The average molecular weight is 463 g/mol. The Morgan fingerprint density at radius 1 is 1.22 bits per heavy atom. The summed E-state index contributed by atoms with van der Waals surface area (Å²) >= 11 is 5.93. The smallest absolute Gasteiger partial charge is 0.422 e. The minimum atomic E-state index is -4.52. The number of halogens is 4. The topological polar surface area (TPSA) is 79.9 Å². The van der Waals surface area contributed by atoms with Crippen LogP contribution in [0.15, 0.2) is 42.5 Å². The van der Waals surface area contributed by atoms with Crippen LogP contribution in [0.1, 0.15) is 22.5 Å². The van der Waals surface area contributed by atoms with Crippen LogP contribution in [0.2, 0.25) is 5.02 Å². The zero-order valence-corrected chi connectivity index (χ0v) is 17.9. The van der Waals surface area contributed by atoms with E-state index in [2.05, 4.69) is 15.2 Å². The van der Waals surface area contributed by atoms with Crippen molar-refractivity contribution in [3.8, 4) is 17.5 Å². The predicted molar refractivity (Wildman–Crippen MR) is 113 cm³/mol. The molecule has 1 heterocycles. The maximum absolute atomic E-state index is 12.6. The molecule has 10 heteroatoms. The van der Waals surface area contributed by atoms with Gasteiger partial charge in [-0.2, -0.15) is 23.5 Å². The standard InChI is InChI=1S/C22H18ClF3N4O2/c1-13-19(14(2)30(29-13)18-6-3-16(23)4-7-18)10-21(31)28-17-5-8-20(15(9-17)11-27)32-12-22(24,25)26/h3-9H,10,12H2,1-2H3,(H,28,31). The molecule has 0 aliphatic carbocycles. The molecule has 0 atom stereocenters. The van der Waals surface area contributed by atoms with Crippen LogP contribution in [0, 0.1) is 25.2 Å². The van der Waals surface area contributed by atoms with Gasteiger partial charge in [-0.15, -0.1) is 0 Å². The lowest BCUT2D eigenvalue weighted by Crippen LogP contribution is -2.19. The van der Waals surface area contributed by atoms with E-state index in [1.165, 1.54) is 18.2 Å². The lowest BCUT2D eigenvalue weighted by atomic mass is 10.1. The Morgan fingerprint density at radius 2 is 1.91 bits per heavy atom. The summed E-state index contributed by atoms with van der Waals surface area (Å²) < 4.78 is 43.4. The van der Waals surface area contributed by atoms with E-state index in [0.717, 1.165) is 16.9 Å². The molecule has 3 aromatic rings. The molecule has 1 amide bonds. The summed E-state index contributed by atoms with van der Waals surface area (Å²) in [6.07, 6.45) is -4.49.